The standard InChI is InChI=1S/C17H29N3OS/c1-3-13(2)16(20-11-15(18)12-22)17(21)19-10-9-14-7-5-4-6-8-14/h4-8,13,15-16,20,22H,3,9-12,18H2,1-2H3,(H,19,21)/t13?,15?,16-/m0/s1. The highest BCUT2D eigenvalue weighted by atomic mass is 32.1. The Morgan fingerprint density at radius 2 is 2.00 bits per heavy atom. The van der Waals surface area contributed by atoms with Crippen molar-refractivity contribution in [3.05, 3.63) is 35.9 Å². The van der Waals surface area contributed by atoms with Gasteiger partial charge in [0.15, 0.2) is 0 Å². The second-order valence-electron chi connectivity index (χ2n) is 5.74. The summed E-state index contributed by atoms with van der Waals surface area (Å²) in [5.74, 6) is 0.927. The van der Waals surface area contributed by atoms with Gasteiger partial charge in [0, 0.05) is 24.9 Å². The number of nitrogens with one attached hydrogen (secondary N) is 2. The third-order valence-electron chi connectivity index (χ3n) is 3.89. The van der Waals surface area contributed by atoms with E-state index in [1.807, 2.05) is 18.2 Å². The maximum atomic E-state index is 12.4. The SMILES string of the molecule is CCC(C)[C@H](NCC(N)CS)C(=O)NCCc1ccccc1. The molecule has 4 nitrogen and oxygen atoms in total. The quantitative estimate of drug-likeness (QED) is 0.495. The van der Waals surface area contributed by atoms with Gasteiger partial charge in [0.25, 0.3) is 0 Å². The Kier molecular flexibility index (Phi) is 9.20. The molecule has 0 radical (unpaired) electrons. The van der Waals surface area contributed by atoms with E-state index in [1.165, 1.54) is 5.56 Å². The summed E-state index contributed by atoms with van der Waals surface area (Å²) in [7, 11) is 0. The van der Waals surface area contributed by atoms with Crippen molar-refractivity contribution in [1.82, 2.24) is 10.6 Å². The van der Waals surface area contributed by atoms with Crippen molar-refractivity contribution in [3.63, 3.8) is 0 Å². The molecule has 1 amide bonds. The molecule has 0 aliphatic heterocycles. The van der Waals surface area contributed by atoms with E-state index < -0.39 is 0 Å². The van der Waals surface area contributed by atoms with Crippen LogP contribution in [0.1, 0.15) is 25.8 Å². The van der Waals surface area contributed by atoms with Crippen LogP contribution in [0.3, 0.4) is 0 Å². The fraction of sp³-hybridized carbons (Fsp3) is 0.588. The average Bonchev–Trinajstić information content (AvgIpc) is 2.55. The number of hydrogen-bond acceptors (Lipinski definition) is 4. The summed E-state index contributed by atoms with van der Waals surface area (Å²) in [6, 6.07) is 9.93. The fourth-order valence-corrected chi connectivity index (χ4v) is 2.34. The molecule has 0 bridgehead atoms. The van der Waals surface area contributed by atoms with E-state index in [-0.39, 0.29) is 23.9 Å². The number of thiol groups is 1. The molecule has 1 aromatic carbocycles. The first-order chi connectivity index (χ1) is 10.6. The molecule has 124 valence electrons. The van der Waals surface area contributed by atoms with E-state index in [4.69, 9.17) is 5.73 Å². The Labute approximate surface area is 139 Å². The third-order valence-corrected chi connectivity index (χ3v) is 4.35. The van der Waals surface area contributed by atoms with Crippen LogP contribution < -0.4 is 16.4 Å². The molecule has 5 heteroatoms. The Hall–Kier alpha value is -1.04. The molecule has 0 saturated heterocycles. The van der Waals surface area contributed by atoms with E-state index in [0.717, 1.165) is 12.8 Å². The highest BCUT2D eigenvalue weighted by Crippen LogP contribution is 2.08. The molecule has 0 saturated carbocycles. The van der Waals surface area contributed by atoms with Crippen LogP contribution in [0.15, 0.2) is 30.3 Å². The molecule has 3 atom stereocenters. The highest BCUT2D eigenvalue weighted by molar-refractivity contribution is 7.80. The minimum absolute atomic E-state index is 0.0352. The van der Waals surface area contributed by atoms with E-state index in [0.29, 0.717) is 18.8 Å². The van der Waals surface area contributed by atoms with Gasteiger partial charge in [0.2, 0.25) is 5.91 Å². The number of benzene rings is 1. The van der Waals surface area contributed by atoms with Gasteiger partial charge in [-0.15, -0.1) is 0 Å². The Morgan fingerprint density at radius 3 is 2.59 bits per heavy atom. The summed E-state index contributed by atoms with van der Waals surface area (Å²) >= 11 is 4.18. The number of nitrogens with two attached hydrogens (primary N) is 1. The lowest BCUT2D eigenvalue weighted by atomic mass is 9.98. The predicted octanol–water partition coefficient (Wildman–Crippen LogP) is 1.61. The zero-order valence-electron chi connectivity index (χ0n) is 13.6. The van der Waals surface area contributed by atoms with Crippen LogP contribution in [0.2, 0.25) is 0 Å². The molecule has 0 aromatic heterocycles. The molecular formula is C17H29N3OS. The molecule has 0 aliphatic carbocycles. The van der Waals surface area contributed by atoms with Crippen LogP contribution in [0.25, 0.3) is 0 Å². The maximum Gasteiger partial charge on any atom is 0.237 e. The number of amides is 1. The molecule has 0 aliphatic rings. The van der Waals surface area contributed by atoms with Crippen LogP contribution >= 0.6 is 12.6 Å². The summed E-state index contributed by atoms with van der Waals surface area (Å²) < 4.78 is 0. The summed E-state index contributed by atoms with van der Waals surface area (Å²) in [5.41, 5.74) is 7.10. The summed E-state index contributed by atoms with van der Waals surface area (Å²) in [5, 5.41) is 6.31. The van der Waals surface area contributed by atoms with Crippen molar-refractivity contribution in [2.45, 2.75) is 38.8 Å². The van der Waals surface area contributed by atoms with Crippen molar-refractivity contribution in [3.8, 4) is 0 Å². The van der Waals surface area contributed by atoms with Crippen LogP contribution in [0.4, 0.5) is 0 Å². The van der Waals surface area contributed by atoms with Gasteiger partial charge in [-0.3, -0.25) is 4.79 Å². The van der Waals surface area contributed by atoms with Crippen LogP contribution in [-0.2, 0) is 11.2 Å². The van der Waals surface area contributed by atoms with Crippen molar-refractivity contribution in [2.75, 3.05) is 18.8 Å². The lowest BCUT2D eigenvalue weighted by Gasteiger charge is -2.25. The molecule has 4 N–H and O–H groups in total. The zero-order chi connectivity index (χ0) is 16.4. The van der Waals surface area contributed by atoms with Gasteiger partial charge in [-0.1, -0.05) is 50.6 Å². The van der Waals surface area contributed by atoms with Crippen molar-refractivity contribution in [1.29, 1.82) is 0 Å². The molecule has 0 heterocycles. The Morgan fingerprint density at radius 1 is 1.32 bits per heavy atom. The van der Waals surface area contributed by atoms with Gasteiger partial charge < -0.3 is 16.4 Å². The second-order valence-corrected chi connectivity index (χ2v) is 6.11. The molecular weight excluding hydrogens is 294 g/mol. The molecule has 0 fully saturated rings. The summed E-state index contributed by atoms with van der Waals surface area (Å²) in [6.07, 6.45) is 1.79. The second kappa shape index (κ2) is 10.6. The van der Waals surface area contributed by atoms with E-state index in [1.54, 1.807) is 0 Å². The van der Waals surface area contributed by atoms with Gasteiger partial charge in [-0.25, -0.2) is 0 Å². The molecule has 1 rings (SSSR count). The minimum atomic E-state index is -0.202. The Balaban J connectivity index is 2.45. The predicted molar refractivity (Wildman–Crippen MR) is 96.2 cm³/mol. The minimum Gasteiger partial charge on any atom is -0.354 e. The smallest absolute Gasteiger partial charge is 0.237 e. The van der Waals surface area contributed by atoms with Gasteiger partial charge in [-0.2, -0.15) is 12.6 Å². The number of hydrogen-bond donors (Lipinski definition) is 4. The topological polar surface area (TPSA) is 67.1 Å². The first-order valence-electron chi connectivity index (χ1n) is 7.99. The van der Waals surface area contributed by atoms with Crippen molar-refractivity contribution < 1.29 is 4.79 Å². The lowest BCUT2D eigenvalue weighted by molar-refractivity contribution is -0.124. The largest absolute Gasteiger partial charge is 0.354 e. The molecule has 1 aromatic rings. The third kappa shape index (κ3) is 6.81. The Bertz CT molecular complexity index is 427. The summed E-state index contributed by atoms with van der Waals surface area (Å²) in [6.45, 7) is 5.43. The van der Waals surface area contributed by atoms with Gasteiger partial charge in [0.05, 0.1) is 6.04 Å². The maximum absolute atomic E-state index is 12.4. The van der Waals surface area contributed by atoms with Gasteiger partial charge in [0.1, 0.15) is 0 Å². The zero-order valence-corrected chi connectivity index (χ0v) is 14.5. The van der Waals surface area contributed by atoms with Gasteiger partial charge >= 0.3 is 0 Å². The number of carbonyl (C=O) groups excluding carboxylic acids is 1. The first kappa shape index (κ1) is 19.0. The molecule has 0 spiro atoms. The average molecular weight is 324 g/mol. The van der Waals surface area contributed by atoms with E-state index >= 15 is 0 Å². The van der Waals surface area contributed by atoms with Crippen LogP contribution in [-0.4, -0.2) is 36.8 Å². The number of carbonyl (C=O) groups is 1. The van der Waals surface area contributed by atoms with Crippen LogP contribution in [0.5, 0.6) is 0 Å². The normalized spacial score (nSPS) is 15.1. The lowest BCUT2D eigenvalue weighted by Crippen LogP contribution is -2.51. The van der Waals surface area contributed by atoms with Crippen LogP contribution in [0, 0.1) is 5.92 Å². The monoisotopic (exact) mass is 323 g/mol. The summed E-state index contributed by atoms with van der Waals surface area (Å²) in [4.78, 5) is 12.4. The first-order valence-corrected chi connectivity index (χ1v) is 8.63. The van der Waals surface area contributed by atoms with Crippen molar-refractivity contribution in [2.24, 2.45) is 11.7 Å². The fourth-order valence-electron chi connectivity index (χ4n) is 2.22. The van der Waals surface area contributed by atoms with Crippen molar-refractivity contribution >= 4 is 18.5 Å². The van der Waals surface area contributed by atoms with Gasteiger partial charge in [-0.05, 0) is 17.9 Å². The number of rotatable bonds is 10. The highest BCUT2D eigenvalue weighted by Gasteiger charge is 2.23. The molecule has 2 unspecified atom stereocenters. The van der Waals surface area contributed by atoms with E-state index in [9.17, 15) is 4.79 Å². The van der Waals surface area contributed by atoms with E-state index in [2.05, 4.69) is 49.2 Å². The molecule has 22 heavy (non-hydrogen) atoms.